The molecule has 130 valence electrons. The third kappa shape index (κ3) is 2.81. The first-order valence-corrected chi connectivity index (χ1v) is 11.0. The molecule has 0 spiro atoms. The molecule has 1 saturated carbocycles. The minimum absolute atomic E-state index is 0.0920. The molecule has 0 aromatic heterocycles. The third-order valence-electron chi connectivity index (χ3n) is 7.04. The van der Waals surface area contributed by atoms with Gasteiger partial charge in [0.15, 0.2) is 0 Å². The summed E-state index contributed by atoms with van der Waals surface area (Å²) in [5.41, 5.74) is 0.485. The second-order valence-corrected chi connectivity index (χ2v) is 12.4. The van der Waals surface area contributed by atoms with E-state index in [1.807, 2.05) is 14.2 Å². The van der Waals surface area contributed by atoms with Crippen LogP contribution in [0.4, 0.5) is 0 Å². The van der Waals surface area contributed by atoms with Crippen LogP contribution in [0.2, 0.25) is 5.04 Å². The number of piperidine rings is 1. The van der Waals surface area contributed by atoms with E-state index in [1.165, 1.54) is 38.6 Å². The number of rotatable bonds is 5. The summed E-state index contributed by atoms with van der Waals surface area (Å²) in [5.74, 6) is 2.20. The molecule has 2 fully saturated rings. The minimum Gasteiger partial charge on any atom is -0.396 e. The van der Waals surface area contributed by atoms with Crippen molar-refractivity contribution in [1.82, 2.24) is 4.90 Å². The first kappa shape index (κ1) is 18.4. The Balaban J connectivity index is 2.44. The van der Waals surface area contributed by atoms with Gasteiger partial charge in [-0.2, -0.15) is 0 Å². The molecule has 3 unspecified atom stereocenters. The minimum atomic E-state index is -2.38. The lowest BCUT2D eigenvalue weighted by Gasteiger charge is -2.56. The Bertz CT molecular complexity index is 368. The van der Waals surface area contributed by atoms with Crippen LogP contribution in [-0.4, -0.2) is 46.9 Å². The zero-order valence-corrected chi connectivity index (χ0v) is 16.8. The van der Waals surface area contributed by atoms with E-state index in [0.29, 0.717) is 11.6 Å². The molecule has 2 aliphatic rings. The van der Waals surface area contributed by atoms with E-state index in [0.717, 1.165) is 11.8 Å². The van der Waals surface area contributed by atoms with E-state index >= 15 is 0 Å². The summed E-state index contributed by atoms with van der Waals surface area (Å²) in [6.45, 7) is 10.6. The Morgan fingerprint density at radius 1 is 1.05 bits per heavy atom. The molecule has 22 heavy (non-hydrogen) atoms. The van der Waals surface area contributed by atoms with Crippen molar-refractivity contribution in [3.63, 3.8) is 0 Å². The average molecular weight is 328 g/mol. The van der Waals surface area contributed by atoms with Gasteiger partial charge in [-0.25, -0.2) is 0 Å². The third-order valence-corrected chi connectivity index (χ3v) is 12.3. The topological polar surface area (TPSA) is 21.7 Å². The molecule has 0 radical (unpaired) electrons. The zero-order valence-electron chi connectivity index (χ0n) is 15.8. The van der Waals surface area contributed by atoms with Gasteiger partial charge in [0.25, 0.3) is 0 Å². The van der Waals surface area contributed by atoms with Gasteiger partial charge < -0.3 is 13.8 Å². The number of likely N-dealkylation sites (tertiary alicyclic amines) is 1. The van der Waals surface area contributed by atoms with Crippen molar-refractivity contribution in [3.8, 4) is 0 Å². The number of hydrogen-bond acceptors (Lipinski definition) is 3. The monoisotopic (exact) mass is 327 g/mol. The number of fused-ring (bicyclic) bond motifs is 1. The van der Waals surface area contributed by atoms with Gasteiger partial charge in [-0.05, 0) is 44.2 Å². The van der Waals surface area contributed by atoms with E-state index in [1.54, 1.807) is 0 Å². The van der Waals surface area contributed by atoms with Gasteiger partial charge in [0.05, 0.1) is 5.67 Å². The lowest BCUT2D eigenvalue weighted by Crippen LogP contribution is -2.70. The number of hydrogen-bond donors (Lipinski definition) is 0. The molecule has 3 nitrogen and oxygen atoms in total. The highest BCUT2D eigenvalue weighted by Gasteiger charge is 2.62. The quantitative estimate of drug-likeness (QED) is 0.706. The summed E-state index contributed by atoms with van der Waals surface area (Å²) < 4.78 is 12.7. The van der Waals surface area contributed by atoms with Crippen molar-refractivity contribution in [1.29, 1.82) is 0 Å². The highest BCUT2D eigenvalue weighted by Crippen LogP contribution is 2.52. The Morgan fingerprint density at radius 3 is 2.18 bits per heavy atom. The van der Waals surface area contributed by atoms with Crippen LogP contribution in [0.1, 0.15) is 59.8 Å². The molecular formula is C18H37NO2Si. The van der Waals surface area contributed by atoms with Crippen LogP contribution in [-0.2, 0) is 8.85 Å². The lowest BCUT2D eigenvalue weighted by molar-refractivity contribution is 0.0354. The predicted octanol–water partition coefficient (Wildman–Crippen LogP) is 4.21. The van der Waals surface area contributed by atoms with Crippen molar-refractivity contribution in [3.05, 3.63) is 0 Å². The van der Waals surface area contributed by atoms with Crippen LogP contribution >= 0.6 is 0 Å². The first-order valence-electron chi connectivity index (χ1n) is 9.12. The Labute approximate surface area is 139 Å². The highest BCUT2D eigenvalue weighted by atomic mass is 28.4. The standard InChI is InChI=1S/C18H37NO2Si/c1-14(2)18(3,4)22(20-6,21-7)17-16-11-9-8-10-15(16)12-13-19(17)5/h14-17H,8-13H2,1-7H3. The Morgan fingerprint density at radius 2 is 1.64 bits per heavy atom. The van der Waals surface area contributed by atoms with Crippen LogP contribution in [0.25, 0.3) is 0 Å². The fourth-order valence-corrected chi connectivity index (χ4v) is 10.0. The maximum Gasteiger partial charge on any atom is 0.361 e. The maximum atomic E-state index is 6.35. The van der Waals surface area contributed by atoms with Crippen molar-refractivity contribution in [2.45, 2.75) is 70.5 Å². The summed E-state index contributed by atoms with van der Waals surface area (Å²) in [6, 6.07) is 0. The smallest absolute Gasteiger partial charge is 0.361 e. The van der Waals surface area contributed by atoms with Gasteiger partial charge >= 0.3 is 8.56 Å². The summed E-state index contributed by atoms with van der Waals surface area (Å²) in [7, 11) is 3.72. The molecule has 0 aromatic rings. The fourth-order valence-electron chi connectivity index (χ4n) is 5.05. The van der Waals surface area contributed by atoms with Crippen LogP contribution in [0.5, 0.6) is 0 Å². The Kier molecular flexibility index (Phi) is 5.80. The summed E-state index contributed by atoms with van der Waals surface area (Å²) in [5, 5.41) is 0.0920. The normalized spacial score (nSPS) is 31.4. The SMILES string of the molecule is CO[Si](OC)(C1C2CCCCC2CCN1C)C(C)(C)C(C)C. The Hall–Kier alpha value is 0.0969. The van der Waals surface area contributed by atoms with Crippen LogP contribution in [0, 0.1) is 17.8 Å². The largest absolute Gasteiger partial charge is 0.396 e. The van der Waals surface area contributed by atoms with Crippen molar-refractivity contribution in [2.24, 2.45) is 17.8 Å². The molecule has 4 heteroatoms. The molecule has 3 atom stereocenters. The summed E-state index contributed by atoms with van der Waals surface area (Å²) in [4.78, 5) is 2.58. The second-order valence-electron chi connectivity index (χ2n) is 8.37. The van der Waals surface area contributed by atoms with Crippen LogP contribution in [0.15, 0.2) is 0 Å². The van der Waals surface area contributed by atoms with Crippen molar-refractivity contribution >= 4 is 8.56 Å². The molecule has 2 rings (SSSR count). The molecular weight excluding hydrogens is 290 g/mol. The molecule has 0 amide bonds. The van der Waals surface area contributed by atoms with Gasteiger partial charge in [-0.3, -0.25) is 0 Å². The molecule has 0 aromatic carbocycles. The fraction of sp³-hybridized carbons (Fsp3) is 1.00. The summed E-state index contributed by atoms with van der Waals surface area (Å²) in [6.07, 6.45) is 6.92. The van der Waals surface area contributed by atoms with E-state index in [2.05, 4.69) is 39.6 Å². The molecule has 0 bridgehead atoms. The highest BCUT2D eigenvalue weighted by molar-refractivity contribution is 6.72. The van der Waals surface area contributed by atoms with Gasteiger partial charge in [0.1, 0.15) is 0 Å². The lowest BCUT2D eigenvalue weighted by atomic mass is 9.75. The van der Waals surface area contributed by atoms with E-state index in [4.69, 9.17) is 8.85 Å². The van der Waals surface area contributed by atoms with Gasteiger partial charge in [0.2, 0.25) is 0 Å². The maximum absolute atomic E-state index is 6.35. The zero-order chi connectivity index (χ0) is 16.5. The van der Waals surface area contributed by atoms with Crippen LogP contribution < -0.4 is 0 Å². The average Bonchev–Trinajstić information content (AvgIpc) is 2.50. The molecule has 1 aliphatic carbocycles. The van der Waals surface area contributed by atoms with Crippen molar-refractivity contribution in [2.75, 3.05) is 27.8 Å². The second kappa shape index (κ2) is 6.92. The van der Waals surface area contributed by atoms with Gasteiger partial charge in [-0.1, -0.05) is 47.0 Å². The van der Waals surface area contributed by atoms with Crippen molar-refractivity contribution < 1.29 is 8.85 Å². The van der Waals surface area contributed by atoms with Crippen LogP contribution in [0.3, 0.4) is 0 Å². The number of nitrogens with zero attached hydrogens (tertiary/aromatic N) is 1. The molecule has 1 heterocycles. The van der Waals surface area contributed by atoms with Gasteiger partial charge in [0, 0.05) is 19.3 Å². The molecule has 0 N–H and O–H groups in total. The molecule has 1 saturated heterocycles. The van der Waals surface area contributed by atoms with Gasteiger partial charge in [-0.15, -0.1) is 0 Å². The van der Waals surface area contributed by atoms with E-state index in [-0.39, 0.29) is 5.04 Å². The first-order chi connectivity index (χ1) is 10.3. The van der Waals surface area contributed by atoms with E-state index in [9.17, 15) is 0 Å². The summed E-state index contributed by atoms with van der Waals surface area (Å²) >= 11 is 0. The predicted molar refractivity (Wildman–Crippen MR) is 95.1 cm³/mol. The van der Waals surface area contributed by atoms with E-state index < -0.39 is 8.56 Å². The molecule has 1 aliphatic heterocycles.